The SMILES string of the molecule is O=C(NCc1cnn(-c2ccccc2)c1)Nc1ccc(OCC(F)(F)F)nc1. The summed E-state index contributed by atoms with van der Waals surface area (Å²) in [6.07, 6.45) is 0.205. The summed E-state index contributed by atoms with van der Waals surface area (Å²) in [6, 6.07) is 11.7. The predicted octanol–water partition coefficient (Wildman–Crippen LogP) is 3.53. The molecule has 0 bridgehead atoms. The number of amides is 2. The molecule has 2 heterocycles. The molecule has 2 N–H and O–H groups in total. The molecule has 1 aromatic carbocycles. The van der Waals surface area contributed by atoms with Crippen molar-refractivity contribution < 1.29 is 22.7 Å². The first-order valence-corrected chi connectivity index (χ1v) is 8.18. The molecule has 10 heteroatoms. The molecule has 3 aromatic rings. The Morgan fingerprint density at radius 1 is 1.11 bits per heavy atom. The number of nitrogens with zero attached hydrogens (tertiary/aromatic N) is 3. The van der Waals surface area contributed by atoms with Crippen LogP contribution in [0.25, 0.3) is 5.69 Å². The van der Waals surface area contributed by atoms with Gasteiger partial charge >= 0.3 is 12.2 Å². The molecular formula is C18H16F3N5O2. The number of hydrogen-bond acceptors (Lipinski definition) is 4. The molecule has 0 atom stereocenters. The van der Waals surface area contributed by atoms with Crippen molar-refractivity contribution in [3.63, 3.8) is 0 Å². The minimum absolute atomic E-state index is 0.184. The van der Waals surface area contributed by atoms with E-state index in [9.17, 15) is 18.0 Å². The van der Waals surface area contributed by atoms with Crippen molar-refractivity contribution in [1.29, 1.82) is 0 Å². The average Bonchev–Trinajstić information content (AvgIpc) is 3.15. The number of rotatable bonds is 6. The third-order valence-corrected chi connectivity index (χ3v) is 3.49. The fourth-order valence-corrected chi connectivity index (χ4v) is 2.23. The Bertz CT molecular complexity index is 911. The van der Waals surface area contributed by atoms with Crippen LogP contribution >= 0.6 is 0 Å². The molecule has 3 rings (SSSR count). The van der Waals surface area contributed by atoms with E-state index >= 15 is 0 Å². The quantitative estimate of drug-likeness (QED) is 0.674. The minimum atomic E-state index is -4.44. The maximum absolute atomic E-state index is 12.1. The summed E-state index contributed by atoms with van der Waals surface area (Å²) in [4.78, 5) is 15.7. The number of pyridine rings is 1. The van der Waals surface area contributed by atoms with E-state index in [-0.39, 0.29) is 12.4 Å². The second kappa shape index (κ2) is 8.42. The van der Waals surface area contributed by atoms with Gasteiger partial charge in [0.2, 0.25) is 5.88 Å². The molecule has 28 heavy (non-hydrogen) atoms. The fraction of sp³-hybridized carbons (Fsp3) is 0.167. The van der Waals surface area contributed by atoms with Crippen LogP contribution in [0.2, 0.25) is 0 Å². The minimum Gasteiger partial charge on any atom is -0.468 e. The maximum atomic E-state index is 12.1. The predicted molar refractivity (Wildman–Crippen MR) is 95.2 cm³/mol. The maximum Gasteiger partial charge on any atom is 0.422 e. The van der Waals surface area contributed by atoms with Crippen LogP contribution in [0.15, 0.2) is 61.1 Å². The van der Waals surface area contributed by atoms with Gasteiger partial charge in [-0.15, -0.1) is 0 Å². The summed E-state index contributed by atoms with van der Waals surface area (Å²) >= 11 is 0. The van der Waals surface area contributed by atoms with Crippen molar-refractivity contribution in [2.45, 2.75) is 12.7 Å². The molecule has 0 aliphatic heterocycles. The molecule has 0 aliphatic carbocycles. The zero-order chi connectivity index (χ0) is 20.0. The molecule has 2 aromatic heterocycles. The normalized spacial score (nSPS) is 11.1. The van der Waals surface area contributed by atoms with Gasteiger partial charge in [-0.25, -0.2) is 14.5 Å². The van der Waals surface area contributed by atoms with E-state index in [1.807, 2.05) is 30.3 Å². The Labute approximate surface area is 158 Å². The van der Waals surface area contributed by atoms with Gasteiger partial charge in [0, 0.05) is 24.4 Å². The number of ether oxygens (including phenoxy) is 1. The summed E-state index contributed by atoms with van der Waals surface area (Å²) in [6.45, 7) is -1.18. The van der Waals surface area contributed by atoms with Crippen LogP contribution in [0.1, 0.15) is 5.56 Å². The third-order valence-electron chi connectivity index (χ3n) is 3.49. The van der Waals surface area contributed by atoms with Gasteiger partial charge in [-0.05, 0) is 18.2 Å². The van der Waals surface area contributed by atoms with Gasteiger partial charge in [0.05, 0.1) is 23.8 Å². The van der Waals surface area contributed by atoms with E-state index in [2.05, 4.69) is 25.5 Å². The van der Waals surface area contributed by atoms with Crippen LogP contribution in [0, 0.1) is 0 Å². The summed E-state index contributed by atoms with van der Waals surface area (Å²) in [5, 5.41) is 9.43. The number of anilines is 1. The molecule has 0 saturated heterocycles. The second-order valence-electron chi connectivity index (χ2n) is 5.73. The molecule has 0 fully saturated rings. The highest BCUT2D eigenvalue weighted by atomic mass is 19.4. The van der Waals surface area contributed by atoms with Crippen molar-refractivity contribution >= 4 is 11.7 Å². The van der Waals surface area contributed by atoms with Gasteiger partial charge < -0.3 is 15.4 Å². The third kappa shape index (κ3) is 5.73. The van der Waals surface area contributed by atoms with Gasteiger partial charge in [-0.2, -0.15) is 18.3 Å². The lowest BCUT2D eigenvalue weighted by Crippen LogP contribution is -2.28. The summed E-state index contributed by atoms with van der Waals surface area (Å²) in [7, 11) is 0. The Kier molecular flexibility index (Phi) is 5.78. The van der Waals surface area contributed by atoms with Crippen LogP contribution in [-0.4, -0.2) is 33.6 Å². The monoisotopic (exact) mass is 391 g/mol. The first kappa shape index (κ1) is 19.2. The topological polar surface area (TPSA) is 81.1 Å². The lowest BCUT2D eigenvalue weighted by Gasteiger charge is -2.09. The smallest absolute Gasteiger partial charge is 0.422 e. The molecule has 2 amide bonds. The number of halogens is 3. The first-order chi connectivity index (χ1) is 13.4. The summed E-state index contributed by atoms with van der Waals surface area (Å²) in [5.74, 6) is -0.184. The number of benzene rings is 1. The first-order valence-electron chi connectivity index (χ1n) is 8.18. The Morgan fingerprint density at radius 3 is 2.57 bits per heavy atom. The standard InChI is InChI=1S/C18H16F3N5O2/c19-18(20,21)12-28-16-7-6-14(10-22-16)25-17(27)23-8-13-9-24-26(11-13)15-4-2-1-3-5-15/h1-7,9-11H,8,12H2,(H2,23,25,27). The molecule has 7 nitrogen and oxygen atoms in total. The molecule has 146 valence electrons. The van der Waals surface area contributed by atoms with Crippen LogP contribution in [0.4, 0.5) is 23.7 Å². The molecular weight excluding hydrogens is 375 g/mol. The zero-order valence-electron chi connectivity index (χ0n) is 14.5. The molecule has 0 radical (unpaired) electrons. The molecule has 0 saturated carbocycles. The molecule has 0 spiro atoms. The number of alkyl halides is 3. The van der Waals surface area contributed by atoms with Gasteiger partial charge in [0.1, 0.15) is 0 Å². The van der Waals surface area contributed by atoms with Crippen LogP contribution in [-0.2, 0) is 6.54 Å². The summed E-state index contributed by atoms with van der Waals surface area (Å²) in [5.41, 5.74) is 2.02. The zero-order valence-corrected chi connectivity index (χ0v) is 14.5. The van der Waals surface area contributed by atoms with E-state index in [1.165, 1.54) is 18.3 Å². The van der Waals surface area contributed by atoms with E-state index in [0.717, 1.165) is 11.3 Å². The summed E-state index contributed by atoms with van der Waals surface area (Å²) < 4.78 is 42.5. The second-order valence-corrected chi connectivity index (χ2v) is 5.73. The number of nitrogens with one attached hydrogen (secondary N) is 2. The van der Waals surface area contributed by atoms with E-state index < -0.39 is 18.8 Å². The fourth-order valence-electron chi connectivity index (χ4n) is 2.23. The highest BCUT2D eigenvalue weighted by Crippen LogP contribution is 2.18. The van der Waals surface area contributed by atoms with Crippen LogP contribution in [0.5, 0.6) is 5.88 Å². The highest BCUT2D eigenvalue weighted by Gasteiger charge is 2.28. The lowest BCUT2D eigenvalue weighted by atomic mass is 10.3. The number of aromatic nitrogens is 3. The van der Waals surface area contributed by atoms with Crippen LogP contribution < -0.4 is 15.4 Å². The van der Waals surface area contributed by atoms with E-state index in [1.54, 1.807) is 17.1 Å². The molecule has 0 unspecified atom stereocenters. The van der Waals surface area contributed by atoms with Gasteiger partial charge in [0.15, 0.2) is 6.61 Å². The number of urea groups is 1. The van der Waals surface area contributed by atoms with Crippen molar-refractivity contribution in [2.24, 2.45) is 0 Å². The van der Waals surface area contributed by atoms with E-state index in [0.29, 0.717) is 5.69 Å². The lowest BCUT2D eigenvalue weighted by molar-refractivity contribution is -0.154. The molecule has 0 aliphatic rings. The number of para-hydroxylation sites is 1. The van der Waals surface area contributed by atoms with Crippen LogP contribution in [0.3, 0.4) is 0 Å². The van der Waals surface area contributed by atoms with Gasteiger partial charge in [-0.3, -0.25) is 0 Å². The Morgan fingerprint density at radius 2 is 1.89 bits per heavy atom. The number of carbonyl (C=O) groups excluding carboxylic acids is 1. The highest BCUT2D eigenvalue weighted by molar-refractivity contribution is 5.88. The van der Waals surface area contributed by atoms with Crippen molar-refractivity contribution in [3.8, 4) is 11.6 Å². The number of hydrogen-bond donors (Lipinski definition) is 2. The van der Waals surface area contributed by atoms with Gasteiger partial charge in [0.25, 0.3) is 0 Å². The van der Waals surface area contributed by atoms with Gasteiger partial charge in [-0.1, -0.05) is 18.2 Å². The van der Waals surface area contributed by atoms with Crippen molar-refractivity contribution in [3.05, 3.63) is 66.6 Å². The van der Waals surface area contributed by atoms with Crippen molar-refractivity contribution in [1.82, 2.24) is 20.1 Å². The van der Waals surface area contributed by atoms with Crippen molar-refractivity contribution in [2.75, 3.05) is 11.9 Å². The average molecular weight is 391 g/mol. The Balaban J connectivity index is 1.47. The van der Waals surface area contributed by atoms with E-state index in [4.69, 9.17) is 0 Å². The Hall–Kier alpha value is -3.56. The largest absolute Gasteiger partial charge is 0.468 e. The number of carbonyl (C=O) groups is 1.